The number of rotatable bonds is 6. The zero-order valence-electron chi connectivity index (χ0n) is 13.9. The lowest BCUT2D eigenvalue weighted by molar-refractivity contribution is 0.0458. The number of nitrogens with one attached hydrogen (secondary N) is 1. The molecule has 1 fully saturated rings. The summed E-state index contributed by atoms with van der Waals surface area (Å²) in [6.45, 7) is 10.3. The van der Waals surface area contributed by atoms with Crippen LogP contribution in [0.3, 0.4) is 0 Å². The largest absolute Gasteiger partial charge is 0.378 e. The molecule has 0 amide bonds. The lowest BCUT2D eigenvalue weighted by Gasteiger charge is -2.33. The second kappa shape index (κ2) is 7.76. The van der Waals surface area contributed by atoms with Crippen molar-refractivity contribution in [1.82, 2.24) is 10.3 Å². The maximum Gasteiger partial charge on any atom is 0.129 e. The van der Waals surface area contributed by atoms with Gasteiger partial charge in [0.1, 0.15) is 5.82 Å². The average Bonchev–Trinajstić information content (AvgIpc) is 2.48. The number of anilines is 1. The van der Waals surface area contributed by atoms with Crippen LogP contribution in [0.25, 0.3) is 0 Å². The van der Waals surface area contributed by atoms with E-state index in [1.165, 1.54) is 11.3 Å². The highest BCUT2D eigenvalue weighted by Crippen LogP contribution is 2.24. The molecule has 21 heavy (non-hydrogen) atoms. The number of piperidine rings is 1. The maximum atomic E-state index is 5.73. The molecule has 1 aliphatic rings. The van der Waals surface area contributed by atoms with Crippen molar-refractivity contribution in [1.29, 1.82) is 0 Å². The Morgan fingerprint density at radius 3 is 2.62 bits per heavy atom. The third-order valence-corrected chi connectivity index (χ3v) is 4.03. The van der Waals surface area contributed by atoms with E-state index in [0.717, 1.165) is 44.9 Å². The zero-order chi connectivity index (χ0) is 15.2. The van der Waals surface area contributed by atoms with Crippen molar-refractivity contribution in [2.24, 2.45) is 0 Å². The quantitative estimate of drug-likeness (QED) is 0.874. The number of ether oxygens (including phenoxy) is 1. The van der Waals surface area contributed by atoms with Gasteiger partial charge in [-0.1, -0.05) is 13.8 Å². The SMILES string of the molecule is CCOC1CCN(c2cc(CNC)cc(C(C)C)n2)CC1. The fraction of sp³-hybridized carbons (Fsp3) is 0.706. The van der Waals surface area contributed by atoms with Gasteiger partial charge in [-0.2, -0.15) is 0 Å². The average molecular weight is 291 g/mol. The molecular formula is C17H29N3O. The summed E-state index contributed by atoms with van der Waals surface area (Å²) < 4.78 is 5.73. The van der Waals surface area contributed by atoms with Crippen LogP contribution in [0.15, 0.2) is 12.1 Å². The second-order valence-electron chi connectivity index (χ2n) is 6.09. The van der Waals surface area contributed by atoms with Crippen LogP contribution in [0.4, 0.5) is 5.82 Å². The van der Waals surface area contributed by atoms with Gasteiger partial charge in [0, 0.05) is 31.9 Å². The number of hydrogen-bond donors (Lipinski definition) is 1. The molecule has 0 spiro atoms. The number of aromatic nitrogens is 1. The first kappa shape index (κ1) is 16.2. The van der Waals surface area contributed by atoms with Crippen molar-refractivity contribution >= 4 is 5.82 Å². The summed E-state index contributed by atoms with van der Waals surface area (Å²) in [4.78, 5) is 7.27. The van der Waals surface area contributed by atoms with E-state index >= 15 is 0 Å². The topological polar surface area (TPSA) is 37.4 Å². The molecule has 0 unspecified atom stereocenters. The van der Waals surface area contributed by atoms with Crippen LogP contribution in [0, 0.1) is 0 Å². The Hall–Kier alpha value is -1.13. The first-order valence-electron chi connectivity index (χ1n) is 8.16. The number of nitrogens with zero attached hydrogens (tertiary/aromatic N) is 2. The molecule has 1 saturated heterocycles. The molecule has 1 N–H and O–H groups in total. The minimum Gasteiger partial charge on any atom is -0.378 e. The molecule has 0 aromatic carbocycles. The van der Waals surface area contributed by atoms with Gasteiger partial charge in [-0.05, 0) is 50.4 Å². The molecular weight excluding hydrogens is 262 g/mol. The van der Waals surface area contributed by atoms with Gasteiger partial charge in [-0.25, -0.2) is 4.98 Å². The van der Waals surface area contributed by atoms with Crippen molar-refractivity contribution in [2.75, 3.05) is 31.6 Å². The molecule has 4 nitrogen and oxygen atoms in total. The molecule has 0 aliphatic carbocycles. The summed E-state index contributed by atoms with van der Waals surface area (Å²) in [5, 5.41) is 3.24. The first-order chi connectivity index (χ1) is 10.1. The van der Waals surface area contributed by atoms with Crippen LogP contribution in [0.5, 0.6) is 0 Å². The van der Waals surface area contributed by atoms with Gasteiger partial charge >= 0.3 is 0 Å². The van der Waals surface area contributed by atoms with Gasteiger partial charge < -0.3 is 15.0 Å². The molecule has 1 aliphatic heterocycles. The Bertz CT molecular complexity index is 440. The Labute approximate surface area is 128 Å². The lowest BCUT2D eigenvalue weighted by atomic mass is 10.1. The summed E-state index contributed by atoms with van der Waals surface area (Å²) in [5.41, 5.74) is 2.50. The minimum atomic E-state index is 0.427. The van der Waals surface area contributed by atoms with Crippen LogP contribution >= 0.6 is 0 Å². The van der Waals surface area contributed by atoms with E-state index in [-0.39, 0.29) is 0 Å². The minimum absolute atomic E-state index is 0.427. The van der Waals surface area contributed by atoms with Crippen molar-refractivity contribution in [3.63, 3.8) is 0 Å². The molecule has 118 valence electrons. The normalized spacial score (nSPS) is 16.7. The Balaban J connectivity index is 2.11. The molecule has 1 aromatic heterocycles. The van der Waals surface area contributed by atoms with E-state index in [1.807, 2.05) is 7.05 Å². The summed E-state index contributed by atoms with van der Waals surface area (Å²) in [5.74, 6) is 1.59. The highest BCUT2D eigenvalue weighted by molar-refractivity contribution is 5.43. The third-order valence-electron chi connectivity index (χ3n) is 4.03. The summed E-state index contributed by atoms with van der Waals surface area (Å²) in [6, 6.07) is 4.45. The predicted octanol–water partition coefficient (Wildman–Crippen LogP) is 2.93. The summed E-state index contributed by atoms with van der Waals surface area (Å²) >= 11 is 0. The number of hydrogen-bond acceptors (Lipinski definition) is 4. The van der Waals surface area contributed by atoms with E-state index in [0.29, 0.717) is 12.0 Å². The molecule has 4 heteroatoms. The lowest BCUT2D eigenvalue weighted by Crippen LogP contribution is -2.37. The summed E-state index contributed by atoms with van der Waals surface area (Å²) in [6.07, 6.45) is 2.63. The van der Waals surface area contributed by atoms with Crippen molar-refractivity contribution in [2.45, 2.75) is 52.2 Å². The number of pyridine rings is 1. The van der Waals surface area contributed by atoms with Crippen molar-refractivity contribution < 1.29 is 4.74 Å². The summed E-state index contributed by atoms with van der Waals surface area (Å²) in [7, 11) is 1.99. The van der Waals surface area contributed by atoms with Crippen LogP contribution in [0.1, 0.15) is 50.8 Å². The van der Waals surface area contributed by atoms with E-state index in [1.54, 1.807) is 0 Å². The van der Waals surface area contributed by atoms with Crippen LogP contribution in [-0.2, 0) is 11.3 Å². The van der Waals surface area contributed by atoms with Gasteiger partial charge in [0.25, 0.3) is 0 Å². The Kier molecular flexibility index (Phi) is 6.00. The standard InChI is InChI=1S/C17H29N3O/c1-5-21-15-6-8-20(9-7-15)17-11-14(12-18-4)10-16(19-17)13(2)3/h10-11,13,15,18H,5-9,12H2,1-4H3. The van der Waals surface area contributed by atoms with Gasteiger partial charge in [0.15, 0.2) is 0 Å². The first-order valence-corrected chi connectivity index (χ1v) is 8.16. The smallest absolute Gasteiger partial charge is 0.129 e. The Morgan fingerprint density at radius 1 is 1.33 bits per heavy atom. The molecule has 2 rings (SSSR count). The van der Waals surface area contributed by atoms with Crippen LogP contribution < -0.4 is 10.2 Å². The highest BCUT2D eigenvalue weighted by Gasteiger charge is 2.21. The molecule has 0 saturated carbocycles. The molecule has 1 aromatic rings. The third kappa shape index (κ3) is 4.42. The fourth-order valence-corrected chi connectivity index (χ4v) is 2.85. The predicted molar refractivity (Wildman–Crippen MR) is 88.0 cm³/mol. The Morgan fingerprint density at radius 2 is 2.05 bits per heavy atom. The van der Waals surface area contributed by atoms with Crippen LogP contribution in [-0.4, -0.2) is 37.8 Å². The highest BCUT2D eigenvalue weighted by atomic mass is 16.5. The second-order valence-corrected chi connectivity index (χ2v) is 6.09. The van der Waals surface area contributed by atoms with Gasteiger partial charge in [-0.3, -0.25) is 0 Å². The van der Waals surface area contributed by atoms with E-state index in [2.05, 4.69) is 43.1 Å². The van der Waals surface area contributed by atoms with Gasteiger partial charge in [0.2, 0.25) is 0 Å². The fourth-order valence-electron chi connectivity index (χ4n) is 2.85. The van der Waals surface area contributed by atoms with Gasteiger partial charge in [0.05, 0.1) is 6.10 Å². The zero-order valence-corrected chi connectivity index (χ0v) is 13.9. The molecule has 2 heterocycles. The van der Waals surface area contributed by atoms with E-state index < -0.39 is 0 Å². The van der Waals surface area contributed by atoms with Crippen molar-refractivity contribution in [3.8, 4) is 0 Å². The van der Waals surface area contributed by atoms with Crippen molar-refractivity contribution in [3.05, 3.63) is 23.4 Å². The molecule has 0 bridgehead atoms. The van der Waals surface area contributed by atoms with E-state index in [4.69, 9.17) is 9.72 Å². The van der Waals surface area contributed by atoms with Gasteiger partial charge in [-0.15, -0.1) is 0 Å². The molecule has 0 atom stereocenters. The van der Waals surface area contributed by atoms with E-state index in [9.17, 15) is 0 Å². The molecule has 0 radical (unpaired) electrons. The van der Waals surface area contributed by atoms with Crippen LogP contribution in [0.2, 0.25) is 0 Å². The maximum absolute atomic E-state index is 5.73. The monoisotopic (exact) mass is 291 g/mol.